The second-order valence-corrected chi connectivity index (χ2v) is 8.52. The van der Waals surface area contributed by atoms with Gasteiger partial charge in [0.1, 0.15) is 0 Å². The Kier molecular flexibility index (Phi) is 5.20. The van der Waals surface area contributed by atoms with E-state index in [1.54, 1.807) is 11.3 Å². The fourth-order valence-corrected chi connectivity index (χ4v) is 5.01. The molecule has 0 aromatic carbocycles. The van der Waals surface area contributed by atoms with E-state index in [1.165, 1.54) is 36.6 Å². The van der Waals surface area contributed by atoms with Gasteiger partial charge in [0.05, 0.1) is 16.3 Å². The van der Waals surface area contributed by atoms with Gasteiger partial charge in [-0.25, -0.2) is 4.98 Å². The first-order valence-corrected chi connectivity index (χ1v) is 10.2. The Morgan fingerprint density at radius 3 is 2.71 bits per heavy atom. The highest BCUT2D eigenvalue weighted by Gasteiger charge is 2.41. The van der Waals surface area contributed by atoms with Crippen LogP contribution in [-0.4, -0.2) is 72.4 Å². The van der Waals surface area contributed by atoms with Crippen LogP contribution in [0.5, 0.6) is 0 Å². The summed E-state index contributed by atoms with van der Waals surface area (Å²) in [6.45, 7) is 10.4. The minimum absolute atomic E-state index is 0.108. The third-order valence-corrected chi connectivity index (χ3v) is 6.67. The summed E-state index contributed by atoms with van der Waals surface area (Å²) in [6.07, 6.45) is 4.54. The van der Waals surface area contributed by atoms with Gasteiger partial charge in [-0.15, -0.1) is 11.3 Å². The van der Waals surface area contributed by atoms with Gasteiger partial charge in [0.2, 0.25) is 0 Å². The van der Waals surface area contributed by atoms with Gasteiger partial charge in [0.15, 0.2) is 0 Å². The average molecular weight is 352 g/mol. The van der Waals surface area contributed by atoms with Gasteiger partial charge in [0.25, 0.3) is 0 Å². The third kappa shape index (κ3) is 3.83. The van der Waals surface area contributed by atoms with Crippen LogP contribution >= 0.6 is 11.3 Å². The Hall–Kier alpha value is -0.530. The number of aryl methyl sites for hydroxylation is 1. The zero-order valence-electron chi connectivity index (χ0n) is 14.7. The lowest BCUT2D eigenvalue weighted by Crippen LogP contribution is -2.55. The number of thiazole rings is 1. The lowest BCUT2D eigenvalue weighted by atomic mass is 9.83. The second-order valence-electron chi connectivity index (χ2n) is 7.46. The quantitative estimate of drug-likeness (QED) is 0.835. The molecule has 3 fully saturated rings. The average Bonchev–Trinajstić information content (AvgIpc) is 3.01. The number of aromatic nitrogens is 1. The maximum Gasteiger partial charge on any atom is 0.0897 e. The molecule has 5 nitrogen and oxygen atoms in total. The Labute approximate surface area is 148 Å². The van der Waals surface area contributed by atoms with Crippen molar-refractivity contribution in [3.8, 4) is 0 Å². The summed E-state index contributed by atoms with van der Waals surface area (Å²) in [7, 11) is 0. The van der Waals surface area contributed by atoms with Crippen molar-refractivity contribution in [2.24, 2.45) is 0 Å². The summed E-state index contributed by atoms with van der Waals surface area (Å²) >= 11 is 1.76. The highest BCUT2D eigenvalue weighted by Crippen LogP contribution is 2.36. The summed E-state index contributed by atoms with van der Waals surface area (Å²) in [6, 6.07) is 0.695. The van der Waals surface area contributed by atoms with E-state index in [9.17, 15) is 0 Å². The standard InChI is InChI=1S/C18H29N3O2S/c1-15-19-16(14-24-15)13-20-5-7-21(8-6-20)17-2-9-23-18(12-17)3-10-22-11-4-18/h14,17H,2-13H2,1H3. The number of rotatable bonds is 3. The number of ether oxygens (including phenoxy) is 2. The molecule has 4 heterocycles. The molecule has 0 saturated carbocycles. The van der Waals surface area contributed by atoms with Crippen LogP contribution in [0.4, 0.5) is 0 Å². The molecule has 0 bridgehead atoms. The molecule has 3 aliphatic heterocycles. The Bertz CT molecular complexity index is 531. The molecule has 6 heteroatoms. The number of piperazine rings is 1. The molecule has 0 N–H and O–H groups in total. The highest BCUT2D eigenvalue weighted by atomic mass is 32.1. The van der Waals surface area contributed by atoms with E-state index in [1.807, 2.05) is 0 Å². The monoisotopic (exact) mass is 351 g/mol. The predicted molar refractivity (Wildman–Crippen MR) is 95.5 cm³/mol. The molecule has 1 spiro atoms. The van der Waals surface area contributed by atoms with Crippen molar-refractivity contribution < 1.29 is 9.47 Å². The van der Waals surface area contributed by atoms with Crippen LogP contribution < -0.4 is 0 Å². The fraction of sp³-hybridized carbons (Fsp3) is 0.833. The number of nitrogens with zero attached hydrogens (tertiary/aromatic N) is 3. The molecule has 1 unspecified atom stereocenters. The van der Waals surface area contributed by atoms with Crippen LogP contribution in [0.2, 0.25) is 0 Å². The number of hydrogen-bond donors (Lipinski definition) is 0. The van der Waals surface area contributed by atoms with Gasteiger partial charge >= 0.3 is 0 Å². The molecule has 1 aromatic heterocycles. The second kappa shape index (κ2) is 7.38. The first-order chi connectivity index (χ1) is 11.7. The highest BCUT2D eigenvalue weighted by molar-refractivity contribution is 7.09. The minimum atomic E-state index is 0.108. The van der Waals surface area contributed by atoms with E-state index in [2.05, 4.69) is 27.1 Å². The summed E-state index contributed by atoms with van der Waals surface area (Å²) < 4.78 is 11.8. The van der Waals surface area contributed by atoms with Crippen molar-refractivity contribution in [1.29, 1.82) is 0 Å². The van der Waals surface area contributed by atoms with Gasteiger partial charge in [-0.05, 0) is 32.6 Å². The van der Waals surface area contributed by atoms with Gasteiger partial charge in [-0.1, -0.05) is 0 Å². The van der Waals surface area contributed by atoms with E-state index in [-0.39, 0.29) is 5.60 Å². The van der Waals surface area contributed by atoms with Crippen molar-refractivity contribution in [2.45, 2.75) is 50.8 Å². The SMILES string of the molecule is Cc1nc(CN2CCN(C3CCOC4(CCOCC4)C3)CC2)cs1. The Morgan fingerprint density at radius 1 is 1.21 bits per heavy atom. The summed E-state index contributed by atoms with van der Waals surface area (Å²) in [4.78, 5) is 9.87. The van der Waals surface area contributed by atoms with Crippen LogP contribution in [0.15, 0.2) is 5.38 Å². The van der Waals surface area contributed by atoms with E-state index in [4.69, 9.17) is 9.47 Å². The third-order valence-electron chi connectivity index (χ3n) is 5.85. The summed E-state index contributed by atoms with van der Waals surface area (Å²) in [5, 5.41) is 3.38. The largest absolute Gasteiger partial charge is 0.381 e. The van der Waals surface area contributed by atoms with E-state index in [0.29, 0.717) is 6.04 Å². The molecule has 3 saturated heterocycles. The zero-order chi connectivity index (χ0) is 16.4. The fourth-order valence-electron chi connectivity index (χ4n) is 4.40. The minimum Gasteiger partial charge on any atom is -0.381 e. The first-order valence-electron chi connectivity index (χ1n) is 9.32. The van der Waals surface area contributed by atoms with Crippen LogP contribution in [0.1, 0.15) is 36.4 Å². The van der Waals surface area contributed by atoms with Crippen LogP contribution in [0.3, 0.4) is 0 Å². The molecular formula is C18H29N3O2S. The normalized spacial score (nSPS) is 29.1. The topological polar surface area (TPSA) is 37.8 Å². The van der Waals surface area contributed by atoms with Crippen molar-refractivity contribution in [3.05, 3.63) is 16.1 Å². The number of hydrogen-bond acceptors (Lipinski definition) is 6. The first kappa shape index (κ1) is 16.9. The van der Waals surface area contributed by atoms with Gasteiger partial charge in [0, 0.05) is 64.0 Å². The van der Waals surface area contributed by atoms with Crippen molar-refractivity contribution >= 4 is 11.3 Å². The maximum atomic E-state index is 6.21. The lowest BCUT2D eigenvalue weighted by Gasteiger charge is -2.48. The molecule has 134 valence electrons. The van der Waals surface area contributed by atoms with Crippen molar-refractivity contribution in [3.63, 3.8) is 0 Å². The van der Waals surface area contributed by atoms with Crippen LogP contribution in [0, 0.1) is 6.92 Å². The van der Waals surface area contributed by atoms with Crippen molar-refractivity contribution in [1.82, 2.24) is 14.8 Å². The molecule has 1 atom stereocenters. The van der Waals surface area contributed by atoms with Gasteiger partial charge in [-0.3, -0.25) is 9.80 Å². The van der Waals surface area contributed by atoms with Crippen LogP contribution in [-0.2, 0) is 16.0 Å². The molecule has 0 amide bonds. The van der Waals surface area contributed by atoms with Crippen LogP contribution in [0.25, 0.3) is 0 Å². The van der Waals surface area contributed by atoms with E-state index in [0.717, 1.165) is 52.3 Å². The molecule has 3 aliphatic rings. The van der Waals surface area contributed by atoms with Crippen molar-refractivity contribution in [2.75, 3.05) is 46.0 Å². The molecule has 1 aromatic rings. The maximum absolute atomic E-state index is 6.21. The molecule has 0 aliphatic carbocycles. The van der Waals surface area contributed by atoms with Gasteiger partial charge in [-0.2, -0.15) is 0 Å². The van der Waals surface area contributed by atoms with E-state index >= 15 is 0 Å². The van der Waals surface area contributed by atoms with E-state index < -0.39 is 0 Å². The lowest BCUT2D eigenvalue weighted by molar-refractivity contribution is -0.153. The van der Waals surface area contributed by atoms with Gasteiger partial charge < -0.3 is 9.47 Å². The smallest absolute Gasteiger partial charge is 0.0897 e. The summed E-state index contributed by atoms with van der Waals surface area (Å²) in [5.41, 5.74) is 1.34. The Morgan fingerprint density at radius 2 is 2.00 bits per heavy atom. The summed E-state index contributed by atoms with van der Waals surface area (Å²) in [5.74, 6) is 0. The molecule has 0 radical (unpaired) electrons. The predicted octanol–water partition coefficient (Wildman–Crippen LogP) is 2.30. The molecular weight excluding hydrogens is 322 g/mol. The molecule has 24 heavy (non-hydrogen) atoms. The molecule has 4 rings (SSSR count). The zero-order valence-corrected chi connectivity index (χ0v) is 15.5. The Balaban J connectivity index is 1.29.